The zero-order valence-corrected chi connectivity index (χ0v) is 18.2. The number of fused-ring (bicyclic) bond motifs is 1. The van der Waals surface area contributed by atoms with Crippen LogP contribution in [0.5, 0.6) is 5.75 Å². The molecule has 0 aliphatic carbocycles. The van der Waals surface area contributed by atoms with Crippen LogP contribution in [0.4, 0.5) is 0 Å². The molecule has 0 fully saturated rings. The highest BCUT2D eigenvalue weighted by atomic mass is 32.1. The Labute approximate surface area is 178 Å². The SMILES string of the molecule is COc1ccc(-c2noc(CCC(=O)N(C)Cc3c(C)nc4sc(C)cn34)n2)cc1. The molecule has 0 aliphatic rings. The van der Waals surface area contributed by atoms with Gasteiger partial charge >= 0.3 is 0 Å². The predicted octanol–water partition coefficient (Wildman–Crippen LogP) is 3.66. The van der Waals surface area contributed by atoms with Crippen molar-refractivity contribution in [1.82, 2.24) is 24.4 Å². The number of benzene rings is 1. The molecule has 0 saturated carbocycles. The Bertz CT molecular complexity index is 1180. The van der Waals surface area contributed by atoms with Gasteiger partial charge in [0.15, 0.2) is 4.96 Å². The Morgan fingerprint density at radius 1 is 1.23 bits per heavy atom. The second kappa shape index (κ2) is 8.27. The van der Waals surface area contributed by atoms with Crippen molar-refractivity contribution in [2.24, 2.45) is 0 Å². The summed E-state index contributed by atoms with van der Waals surface area (Å²) in [6.45, 7) is 4.53. The van der Waals surface area contributed by atoms with E-state index in [-0.39, 0.29) is 5.91 Å². The molecule has 0 saturated heterocycles. The fraction of sp³-hybridized carbons (Fsp3) is 0.333. The molecule has 156 valence electrons. The number of nitrogens with zero attached hydrogens (tertiary/aromatic N) is 5. The van der Waals surface area contributed by atoms with Crippen LogP contribution in [0.15, 0.2) is 35.0 Å². The summed E-state index contributed by atoms with van der Waals surface area (Å²) in [5.74, 6) is 1.72. The van der Waals surface area contributed by atoms with Crippen molar-refractivity contribution >= 4 is 22.2 Å². The van der Waals surface area contributed by atoms with Crippen LogP contribution in [-0.2, 0) is 17.8 Å². The van der Waals surface area contributed by atoms with Gasteiger partial charge in [-0.2, -0.15) is 4.98 Å². The predicted molar refractivity (Wildman–Crippen MR) is 114 cm³/mol. The maximum absolute atomic E-state index is 12.6. The number of methoxy groups -OCH3 is 1. The molecule has 4 rings (SSSR count). The van der Waals surface area contributed by atoms with Crippen LogP contribution in [-0.4, -0.2) is 44.5 Å². The minimum atomic E-state index is 0.0144. The quantitative estimate of drug-likeness (QED) is 0.449. The van der Waals surface area contributed by atoms with E-state index < -0.39 is 0 Å². The molecule has 3 heterocycles. The summed E-state index contributed by atoms with van der Waals surface area (Å²) >= 11 is 1.65. The van der Waals surface area contributed by atoms with Gasteiger partial charge in [-0.15, -0.1) is 11.3 Å². The van der Waals surface area contributed by atoms with Crippen LogP contribution < -0.4 is 4.74 Å². The molecule has 1 aromatic carbocycles. The molecule has 8 nitrogen and oxygen atoms in total. The summed E-state index contributed by atoms with van der Waals surface area (Å²) in [7, 11) is 3.42. The highest BCUT2D eigenvalue weighted by molar-refractivity contribution is 7.17. The summed E-state index contributed by atoms with van der Waals surface area (Å²) in [6.07, 6.45) is 2.75. The first-order valence-electron chi connectivity index (χ1n) is 9.59. The molecule has 0 aliphatic heterocycles. The highest BCUT2D eigenvalue weighted by Gasteiger charge is 2.17. The lowest BCUT2D eigenvalue weighted by Gasteiger charge is -2.16. The summed E-state index contributed by atoms with van der Waals surface area (Å²) in [6, 6.07) is 7.42. The van der Waals surface area contributed by atoms with Crippen LogP contribution in [0.3, 0.4) is 0 Å². The average Bonchev–Trinajstić information content (AvgIpc) is 3.42. The highest BCUT2D eigenvalue weighted by Crippen LogP contribution is 2.22. The van der Waals surface area contributed by atoms with Gasteiger partial charge in [0.2, 0.25) is 17.6 Å². The van der Waals surface area contributed by atoms with Gasteiger partial charge in [0.05, 0.1) is 25.0 Å². The first kappa shape index (κ1) is 20.1. The Hall–Kier alpha value is -3.20. The molecule has 0 atom stereocenters. The van der Waals surface area contributed by atoms with Gasteiger partial charge in [-0.1, -0.05) is 5.16 Å². The molecule has 0 N–H and O–H groups in total. The summed E-state index contributed by atoms with van der Waals surface area (Å²) < 4.78 is 12.5. The van der Waals surface area contributed by atoms with Crippen molar-refractivity contribution < 1.29 is 14.1 Å². The van der Waals surface area contributed by atoms with Gasteiger partial charge in [-0.3, -0.25) is 9.20 Å². The zero-order chi connectivity index (χ0) is 21.3. The minimum absolute atomic E-state index is 0.0144. The molecule has 9 heteroatoms. The Morgan fingerprint density at radius 2 is 2.00 bits per heavy atom. The lowest BCUT2D eigenvalue weighted by molar-refractivity contribution is -0.130. The van der Waals surface area contributed by atoms with Gasteiger partial charge in [-0.25, -0.2) is 4.98 Å². The standard InChI is InChI=1S/C21H23N5O3S/c1-13-11-26-17(14(2)22-21(26)30-13)12-25(3)19(27)10-9-18-23-20(24-29-18)15-5-7-16(28-4)8-6-15/h5-8,11H,9-10,12H2,1-4H3. The van der Waals surface area contributed by atoms with E-state index >= 15 is 0 Å². The van der Waals surface area contributed by atoms with E-state index in [1.807, 2.05) is 31.2 Å². The Kier molecular flexibility index (Phi) is 5.54. The molecule has 0 unspecified atom stereocenters. The van der Waals surface area contributed by atoms with E-state index in [1.165, 1.54) is 4.88 Å². The summed E-state index contributed by atoms with van der Waals surface area (Å²) in [4.78, 5) is 25.5. The number of imidazole rings is 1. The number of rotatable bonds is 7. The van der Waals surface area contributed by atoms with Gasteiger partial charge in [0.1, 0.15) is 5.75 Å². The van der Waals surface area contributed by atoms with Gasteiger partial charge in [-0.05, 0) is 38.1 Å². The second-order valence-corrected chi connectivity index (χ2v) is 8.34. The number of thiazole rings is 1. The average molecular weight is 426 g/mol. The zero-order valence-electron chi connectivity index (χ0n) is 17.4. The Balaban J connectivity index is 1.37. The lowest BCUT2D eigenvalue weighted by atomic mass is 10.2. The molecule has 3 aromatic heterocycles. The largest absolute Gasteiger partial charge is 0.497 e. The third kappa shape index (κ3) is 4.06. The smallest absolute Gasteiger partial charge is 0.227 e. The topological polar surface area (TPSA) is 85.8 Å². The monoisotopic (exact) mass is 425 g/mol. The molecule has 0 radical (unpaired) electrons. The third-order valence-corrected chi connectivity index (χ3v) is 5.82. The number of aryl methyl sites for hydroxylation is 3. The molecule has 1 amide bonds. The fourth-order valence-electron chi connectivity index (χ4n) is 3.23. The van der Waals surface area contributed by atoms with E-state index in [0.717, 1.165) is 27.7 Å². The second-order valence-electron chi connectivity index (χ2n) is 7.13. The normalized spacial score (nSPS) is 11.2. The molecule has 0 bridgehead atoms. The van der Waals surface area contributed by atoms with Gasteiger partial charge < -0.3 is 14.2 Å². The number of ether oxygens (including phenoxy) is 1. The number of carbonyl (C=O) groups excluding carboxylic acids is 1. The van der Waals surface area contributed by atoms with Crippen molar-refractivity contribution in [3.8, 4) is 17.1 Å². The van der Waals surface area contributed by atoms with Crippen molar-refractivity contribution in [2.75, 3.05) is 14.2 Å². The van der Waals surface area contributed by atoms with Crippen LogP contribution in [0.2, 0.25) is 0 Å². The molecule has 30 heavy (non-hydrogen) atoms. The van der Waals surface area contributed by atoms with E-state index in [9.17, 15) is 4.79 Å². The summed E-state index contributed by atoms with van der Waals surface area (Å²) in [5.41, 5.74) is 2.81. The van der Waals surface area contributed by atoms with Crippen molar-refractivity contribution in [2.45, 2.75) is 33.2 Å². The maximum atomic E-state index is 12.6. The van der Waals surface area contributed by atoms with Crippen LogP contribution in [0.25, 0.3) is 16.3 Å². The lowest BCUT2D eigenvalue weighted by Crippen LogP contribution is -2.27. The first-order valence-corrected chi connectivity index (χ1v) is 10.4. The van der Waals surface area contributed by atoms with E-state index in [4.69, 9.17) is 9.26 Å². The number of carbonyl (C=O) groups is 1. The number of aromatic nitrogens is 4. The fourth-order valence-corrected chi connectivity index (χ4v) is 4.12. The first-order chi connectivity index (χ1) is 14.4. The van der Waals surface area contributed by atoms with Crippen LogP contribution >= 0.6 is 11.3 Å². The van der Waals surface area contributed by atoms with E-state index in [0.29, 0.717) is 31.1 Å². The van der Waals surface area contributed by atoms with Crippen molar-refractivity contribution in [1.29, 1.82) is 0 Å². The van der Waals surface area contributed by atoms with Gasteiger partial charge in [0.25, 0.3) is 0 Å². The molecule has 0 spiro atoms. The molecular weight excluding hydrogens is 402 g/mol. The van der Waals surface area contributed by atoms with Crippen molar-refractivity contribution in [3.05, 3.63) is 52.6 Å². The molecule has 4 aromatic rings. The van der Waals surface area contributed by atoms with E-state index in [1.54, 1.807) is 30.4 Å². The van der Waals surface area contributed by atoms with Gasteiger partial charge in [0, 0.05) is 36.5 Å². The number of hydrogen-bond donors (Lipinski definition) is 0. The van der Waals surface area contributed by atoms with Crippen molar-refractivity contribution in [3.63, 3.8) is 0 Å². The third-order valence-electron chi connectivity index (χ3n) is 4.92. The van der Waals surface area contributed by atoms with E-state index in [2.05, 4.69) is 32.6 Å². The van der Waals surface area contributed by atoms with Crippen LogP contribution in [0, 0.1) is 13.8 Å². The Morgan fingerprint density at radius 3 is 2.73 bits per heavy atom. The van der Waals surface area contributed by atoms with Crippen LogP contribution in [0.1, 0.15) is 28.6 Å². The summed E-state index contributed by atoms with van der Waals surface area (Å²) in [5, 5.41) is 4.01. The minimum Gasteiger partial charge on any atom is -0.497 e. The number of hydrogen-bond acceptors (Lipinski definition) is 7. The maximum Gasteiger partial charge on any atom is 0.227 e. The molecular formula is C21H23N5O3S. The number of amides is 1.